The van der Waals surface area contributed by atoms with Gasteiger partial charge in [0, 0.05) is 13.0 Å². The second-order valence-electron chi connectivity index (χ2n) is 14.3. The summed E-state index contributed by atoms with van der Waals surface area (Å²) >= 11 is 0. The number of nitrogens with zero attached hydrogens (tertiary/aromatic N) is 2. The molecule has 1 aromatic heterocycles. The normalized spacial score (nSPS) is 12.4. The molecule has 0 unspecified atom stereocenters. The van der Waals surface area contributed by atoms with Crippen LogP contribution in [0.2, 0.25) is 0 Å². The summed E-state index contributed by atoms with van der Waals surface area (Å²) in [6.45, 7) is 26.8. The van der Waals surface area contributed by atoms with Gasteiger partial charge in [-0.25, -0.2) is 4.98 Å². The molecule has 0 aromatic carbocycles. The molecule has 0 fully saturated rings. The molecule has 0 spiro atoms. The first kappa shape index (κ1) is 46.2. The quantitative estimate of drug-likeness (QED) is 0.0676. The smallest absolute Gasteiger partial charge is 0.109 e. The van der Waals surface area contributed by atoms with Crippen molar-refractivity contribution in [2.45, 2.75) is 229 Å². The maximum Gasteiger partial charge on any atom is 0.109 e. The summed E-state index contributed by atoms with van der Waals surface area (Å²) in [4.78, 5) is 5.05. The molecule has 48 heavy (non-hydrogen) atoms. The maximum absolute atomic E-state index is 5.05. The van der Waals surface area contributed by atoms with Gasteiger partial charge in [0.1, 0.15) is 5.82 Å². The van der Waals surface area contributed by atoms with Crippen LogP contribution in [0.1, 0.15) is 233 Å². The zero-order valence-corrected chi connectivity index (χ0v) is 34.1. The molecular weight excluding hydrogens is 581 g/mol. The van der Waals surface area contributed by atoms with Crippen molar-refractivity contribution < 1.29 is 0 Å². The number of unbranched alkanes of at least 4 members (excludes halogenated alkanes) is 18. The second kappa shape index (κ2) is 32.4. The van der Waals surface area contributed by atoms with Gasteiger partial charge in [0.05, 0.1) is 11.4 Å². The lowest BCUT2D eigenvalue weighted by Crippen LogP contribution is -2.09. The van der Waals surface area contributed by atoms with E-state index in [1.54, 1.807) is 0 Å². The second-order valence-corrected chi connectivity index (χ2v) is 14.3. The third-order valence-corrected chi connectivity index (χ3v) is 9.76. The number of allylic oxidation sites excluding steroid dienone is 6. The Morgan fingerprint density at radius 1 is 0.688 bits per heavy atom. The van der Waals surface area contributed by atoms with E-state index in [0.717, 1.165) is 37.1 Å². The van der Waals surface area contributed by atoms with E-state index in [4.69, 9.17) is 4.98 Å². The predicted molar refractivity (Wildman–Crippen MR) is 221 cm³/mol. The van der Waals surface area contributed by atoms with Gasteiger partial charge in [0.25, 0.3) is 0 Å². The molecule has 278 valence electrons. The monoisotopic (exact) mass is 665 g/mol. The predicted octanol–water partition coefficient (Wildman–Crippen LogP) is 16.2. The Morgan fingerprint density at radius 2 is 1.17 bits per heavy atom. The van der Waals surface area contributed by atoms with E-state index in [1.165, 1.54) is 176 Å². The summed E-state index contributed by atoms with van der Waals surface area (Å²) in [7, 11) is 0. The van der Waals surface area contributed by atoms with Gasteiger partial charge >= 0.3 is 0 Å². The SMILES string of the molecule is C=C(C)c1nc(CCCC)n(CCCCCC)c1C1=C(C)CCC=C1.C=C(CC)CCCCCCCCCCCCCCCCC.CC. The van der Waals surface area contributed by atoms with Crippen LogP contribution >= 0.6 is 0 Å². The average molecular weight is 665 g/mol. The fourth-order valence-electron chi connectivity index (χ4n) is 6.52. The highest BCUT2D eigenvalue weighted by atomic mass is 15.1. The van der Waals surface area contributed by atoms with Gasteiger partial charge in [-0.05, 0) is 69.9 Å². The standard InChI is InChI=1S/C23H36N2.C21H42.C2H6/c1-6-8-10-13-17-25-21(16-9-7-2)24-22(18(3)4)23(25)20-15-12-11-14-19(20)5;1-4-6-7-8-9-10-11-12-13-14-15-16-17-18-19-20-21(3)5-2;1-2/h12,15H,3,6-11,13-14,16-17H2,1-2,4-5H3;3-20H2,1-2H3;1-2H3. The van der Waals surface area contributed by atoms with Crippen LogP contribution in [-0.2, 0) is 13.0 Å². The Kier molecular flexibility index (Phi) is 31.1. The first-order chi connectivity index (χ1) is 23.4. The highest BCUT2D eigenvalue weighted by Gasteiger charge is 2.21. The minimum atomic E-state index is 1.07. The summed E-state index contributed by atoms with van der Waals surface area (Å²) in [5, 5.41) is 0. The lowest BCUT2D eigenvalue weighted by Gasteiger charge is -2.18. The van der Waals surface area contributed by atoms with Crippen LogP contribution in [0.15, 0.2) is 36.5 Å². The molecule has 0 aliphatic heterocycles. The highest BCUT2D eigenvalue weighted by Crippen LogP contribution is 2.33. The van der Waals surface area contributed by atoms with Gasteiger partial charge in [0.15, 0.2) is 0 Å². The zero-order valence-electron chi connectivity index (χ0n) is 34.1. The molecule has 0 N–H and O–H groups in total. The number of rotatable bonds is 27. The molecule has 0 bridgehead atoms. The Balaban J connectivity index is 0.000000890. The third-order valence-electron chi connectivity index (χ3n) is 9.76. The number of aromatic nitrogens is 2. The van der Waals surface area contributed by atoms with Crippen molar-refractivity contribution in [3.05, 3.63) is 53.7 Å². The van der Waals surface area contributed by atoms with Crippen LogP contribution in [0.5, 0.6) is 0 Å². The van der Waals surface area contributed by atoms with E-state index in [-0.39, 0.29) is 0 Å². The lowest BCUT2D eigenvalue weighted by atomic mass is 9.94. The van der Waals surface area contributed by atoms with Crippen molar-refractivity contribution in [1.29, 1.82) is 0 Å². The molecule has 2 rings (SSSR count). The molecule has 0 saturated heterocycles. The van der Waals surface area contributed by atoms with E-state index in [2.05, 4.69) is 71.4 Å². The highest BCUT2D eigenvalue weighted by molar-refractivity contribution is 5.82. The summed E-state index contributed by atoms with van der Waals surface area (Å²) in [5.41, 5.74) is 7.83. The van der Waals surface area contributed by atoms with Crippen molar-refractivity contribution in [2.24, 2.45) is 0 Å². The fraction of sp³-hybridized carbons (Fsp3) is 0.761. The third kappa shape index (κ3) is 21.3. The van der Waals surface area contributed by atoms with Gasteiger partial charge in [-0.1, -0.05) is 194 Å². The fourth-order valence-corrected chi connectivity index (χ4v) is 6.52. The molecule has 0 radical (unpaired) electrons. The molecule has 0 amide bonds. The van der Waals surface area contributed by atoms with Crippen molar-refractivity contribution in [3.63, 3.8) is 0 Å². The van der Waals surface area contributed by atoms with E-state index in [9.17, 15) is 0 Å². The minimum absolute atomic E-state index is 1.07. The van der Waals surface area contributed by atoms with Gasteiger partial charge in [-0.2, -0.15) is 0 Å². The van der Waals surface area contributed by atoms with Crippen LogP contribution in [0.25, 0.3) is 11.1 Å². The van der Waals surface area contributed by atoms with E-state index < -0.39 is 0 Å². The molecule has 1 aromatic rings. The summed E-state index contributed by atoms with van der Waals surface area (Å²) in [6, 6.07) is 0. The molecule has 0 atom stereocenters. The van der Waals surface area contributed by atoms with Crippen molar-refractivity contribution in [2.75, 3.05) is 0 Å². The van der Waals surface area contributed by atoms with Gasteiger partial charge < -0.3 is 4.57 Å². The maximum atomic E-state index is 5.05. The largest absolute Gasteiger partial charge is 0.327 e. The van der Waals surface area contributed by atoms with Crippen LogP contribution in [-0.4, -0.2) is 9.55 Å². The molecule has 2 nitrogen and oxygen atoms in total. The van der Waals surface area contributed by atoms with Crippen LogP contribution in [0.4, 0.5) is 0 Å². The van der Waals surface area contributed by atoms with E-state index in [1.807, 2.05) is 13.8 Å². The van der Waals surface area contributed by atoms with Crippen molar-refractivity contribution in [1.82, 2.24) is 9.55 Å². The molecule has 1 aliphatic carbocycles. The Bertz CT molecular complexity index is 988. The first-order valence-electron chi connectivity index (χ1n) is 21.2. The molecule has 0 saturated carbocycles. The Labute approximate surface area is 302 Å². The van der Waals surface area contributed by atoms with Gasteiger partial charge in [-0.15, -0.1) is 0 Å². The molecule has 1 aliphatic rings. The average Bonchev–Trinajstić information content (AvgIpc) is 3.46. The summed E-state index contributed by atoms with van der Waals surface area (Å²) < 4.78 is 2.52. The van der Waals surface area contributed by atoms with E-state index in [0.29, 0.717) is 0 Å². The van der Waals surface area contributed by atoms with Gasteiger partial charge in [0.2, 0.25) is 0 Å². The van der Waals surface area contributed by atoms with Crippen LogP contribution in [0.3, 0.4) is 0 Å². The Hall–Kier alpha value is -1.83. The summed E-state index contributed by atoms with van der Waals surface area (Å²) in [5.74, 6) is 1.26. The number of hydrogen-bond donors (Lipinski definition) is 0. The number of hydrogen-bond acceptors (Lipinski definition) is 1. The van der Waals surface area contributed by atoms with E-state index >= 15 is 0 Å². The number of imidazole rings is 1. The molecule has 1 heterocycles. The van der Waals surface area contributed by atoms with Crippen LogP contribution in [0, 0.1) is 0 Å². The summed E-state index contributed by atoms with van der Waals surface area (Å²) in [6.07, 6.45) is 39.7. The van der Waals surface area contributed by atoms with Gasteiger partial charge in [-0.3, -0.25) is 0 Å². The van der Waals surface area contributed by atoms with Crippen molar-refractivity contribution >= 4 is 11.1 Å². The van der Waals surface area contributed by atoms with Crippen molar-refractivity contribution in [3.8, 4) is 0 Å². The van der Waals surface area contributed by atoms with Crippen LogP contribution < -0.4 is 0 Å². The Morgan fingerprint density at radius 3 is 1.62 bits per heavy atom. The molecule has 2 heteroatoms. The lowest BCUT2D eigenvalue weighted by molar-refractivity contribution is 0.532. The first-order valence-corrected chi connectivity index (χ1v) is 21.2. The molecular formula is C46H84N2. The minimum Gasteiger partial charge on any atom is -0.327 e. The zero-order chi connectivity index (χ0) is 35.8. The number of aryl methyl sites for hydroxylation is 1. The topological polar surface area (TPSA) is 17.8 Å².